The Hall–Kier alpha value is -3.42. The van der Waals surface area contributed by atoms with Crippen LogP contribution in [0.15, 0.2) is 54.6 Å². The number of carbonyl (C=O) groups is 2. The van der Waals surface area contributed by atoms with E-state index in [2.05, 4.69) is 5.32 Å². The fourth-order valence-corrected chi connectivity index (χ4v) is 2.10. The number of nitrogens with zero attached hydrogens (tertiary/aromatic N) is 1. The van der Waals surface area contributed by atoms with Crippen LogP contribution in [0.2, 0.25) is 0 Å². The Kier molecular flexibility index (Phi) is 7.11. The molecule has 0 spiro atoms. The summed E-state index contributed by atoms with van der Waals surface area (Å²) in [6.07, 6.45) is 0.668. The van der Waals surface area contributed by atoms with E-state index in [1.54, 1.807) is 6.07 Å². The van der Waals surface area contributed by atoms with Gasteiger partial charge < -0.3 is 14.8 Å². The van der Waals surface area contributed by atoms with Gasteiger partial charge >= 0.3 is 11.7 Å². The lowest BCUT2D eigenvalue weighted by atomic mass is 10.1. The highest BCUT2D eigenvalue weighted by molar-refractivity contribution is 5.80. The van der Waals surface area contributed by atoms with Gasteiger partial charge in [-0.3, -0.25) is 14.9 Å². The first-order valence-electron chi connectivity index (χ1n) is 7.88. The molecule has 8 heteroatoms. The van der Waals surface area contributed by atoms with Crippen molar-refractivity contribution in [3.63, 3.8) is 0 Å². The first-order chi connectivity index (χ1) is 12.6. The number of benzene rings is 2. The van der Waals surface area contributed by atoms with Crippen molar-refractivity contribution >= 4 is 17.6 Å². The maximum Gasteiger partial charge on any atom is 0.344 e. The van der Waals surface area contributed by atoms with E-state index in [-0.39, 0.29) is 11.4 Å². The molecule has 2 aromatic carbocycles. The number of carbonyl (C=O) groups excluding carboxylic acids is 2. The van der Waals surface area contributed by atoms with Crippen LogP contribution in [0.3, 0.4) is 0 Å². The van der Waals surface area contributed by atoms with Gasteiger partial charge in [-0.15, -0.1) is 0 Å². The molecule has 26 heavy (non-hydrogen) atoms. The van der Waals surface area contributed by atoms with E-state index in [1.165, 1.54) is 18.2 Å². The topological polar surface area (TPSA) is 108 Å². The molecule has 0 saturated carbocycles. The van der Waals surface area contributed by atoms with E-state index in [0.29, 0.717) is 13.0 Å². The fraction of sp³-hybridized carbons (Fsp3) is 0.222. The largest absolute Gasteiger partial charge is 0.475 e. The van der Waals surface area contributed by atoms with Crippen LogP contribution < -0.4 is 10.1 Å². The quantitative estimate of drug-likeness (QED) is 0.416. The van der Waals surface area contributed by atoms with Crippen LogP contribution in [0.1, 0.15) is 5.56 Å². The van der Waals surface area contributed by atoms with Crippen molar-refractivity contribution in [1.29, 1.82) is 0 Å². The Morgan fingerprint density at radius 1 is 1.00 bits per heavy atom. The third-order valence-electron chi connectivity index (χ3n) is 3.35. The Morgan fingerprint density at radius 3 is 2.42 bits per heavy atom. The standard InChI is InChI=1S/C18H18N2O6/c21-17(19-11-10-14-6-2-1-3-7-14)12-26-18(22)13-25-16-9-5-4-8-15(16)20(23)24/h1-9H,10-13H2,(H,19,21). The van der Waals surface area contributed by atoms with Crippen molar-refractivity contribution in [3.8, 4) is 5.75 Å². The predicted molar refractivity (Wildman–Crippen MR) is 92.7 cm³/mol. The molecule has 0 aliphatic rings. The van der Waals surface area contributed by atoms with Crippen LogP contribution in [-0.2, 0) is 20.7 Å². The number of para-hydroxylation sites is 2. The van der Waals surface area contributed by atoms with E-state index >= 15 is 0 Å². The van der Waals surface area contributed by atoms with Crippen molar-refractivity contribution in [1.82, 2.24) is 5.32 Å². The van der Waals surface area contributed by atoms with E-state index < -0.39 is 30.0 Å². The monoisotopic (exact) mass is 358 g/mol. The zero-order chi connectivity index (χ0) is 18.8. The van der Waals surface area contributed by atoms with Gasteiger partial charge in [-0.05, 0) is 18.1 Å². The summed E-state index contributed by atoms with van der Waals surface area (Å²) in [5.41, 5.74) is 0.835. The van der Waals surface area contributed by atoms with Crippen molar-refractivity contribution in [2.24, 2.45) is 0 Å². The van der Waals surface area contributed by atoms with E-state index in [0.717, 1.165) is 5.56 Å². The van der Waals surface area contributed by atoms with Gasteiger partial charge in [-0.2, -0.15) is 0 Å². The SMILES string of the molecule is O=C(COC(=O)COc1ccccc1[N+](=O)[O-])NCCc1ccccc1. The van der Waals surface area contributed by atoms with Gasteiger partial charge in [0.15, 0.2) is 19.0 Å². The second-order valence-corrected chi connectivity index (χ2v) is 5.26. The van der Waals surface area contributed by atoms with Gasteiger partial charge in [0.1, 0.15) is 0 Å². The highest BCUT2D eigenvalue weighted by atomic mass is 16.6. The number of nitro benzene ring substituents is 1. The first-order valence-corrected chi connectivity index (χ1v) is 7.88. The molecule has 0 heterocycles. The number of hydrogen-bond acceptors (Lipinski definition) is 6. The fourth-order valence-electron chi connectivity index (χ4n) is 2.10. The Morgan fingerprint density at radius 2 is 1.69 bits per heavy atom. The van der Waals surface area contributed by atoms with Crippen LogP contribution >= 0.6 is 0 Å². The zero-order valence-corrected chi connectivity index (χ0v) is 13.9. The van der Waals surface area contributed by atoms with Gasteiger partial charge in [0.25, 0.3) is 5.91 Å². The molecule has 0 unspecified atom stereocenters. The van der Waals surface area contributed by atoms with Crippen molar-refractivity contribution in [3.05, 3.63) is 70.3 Å². The molecule has 0 saturated heterocycles. The summed E-state index contributed by atoms with van der Waals surface area (Å²) < 4.78 is 9.87. The number of hydrogen-bond donors (Lipinski definition) is 1. The van der Waals surface area contributed by atoms with Crippen LogP contribution in [0.25, 0.3) is 0 Å². The first kappa shape index (κ1) is 18.9. The molecule has 0 aliphatic heterocycles. The molecule has 1 amide bonds. The summed E-state index contributed by atoms with van der Waals surface area (Å²) >= 11 is 0. The minimum atomic E-state index is -0.790. The zero-order valence-electron chi connectivity index (χ0n) is 13.9. The number of ether oxygens (including phenoxy) is 2. The van der Waals surface area contributed by atoms with E-state index in [4.69, 9.17) is 9.47 Å². The third-order valence-corrected chi connectivity index (χ3v) is 3.35. The smallest absolute Gasteiger partial charge is 0.344 e. The molecular formula is C18H18N2O6. The van der Waals surface area contributed by atoms with Crippen LogP contribution in [0, 0.1) is 10.1 Å². The molecule has 0 aromatic heterocycles. The summed E-state index contributed by atoms with van der Waals surface area (Å²) in [5, 5.41) is 13.5. The minimum Gasteiger partial charge on any atom is -0.475 e. The molecule has 136 valence electrons. The van der Waals surface area contributed by atoms with Crippen molar-refractivity contribution in [2.45, 2.75) is 6.42 Å². The Balaban J connectivity index is 1.67. The average molecular weight is 358 g/mol. The lowest BCUT2D eigenvalue weighted by Crippen LogP contribution is -2.31. The molecule has 0 atom stereocenters. The number of nitrogens with one attached hydrogen (secondary N) is 1. The minimum absolute atomic E-state index is 0.0400. The van der Waals surface area contributed by atoms with Gasteiger partial charge in [-0.25, -0.2) is 4.79 Å². The average Bonchev–Trinajstić information content (AvgIpc) is 2.65. The summed E-state index contributed by atoms with van der Waals surface area (Å²) in [4.78, 5) is 33.5. The van der Waals surface area contributed by atoms with Crippen molar-refractivity contribution in [2.75, 3.05) is 19.8 Å². The second-order valence-electron chi connectivity index (χ2n) is 5.26. The maximum atomic E-state index is 11.6. The molecule has 0 radical (unpaired) electrons. The number of amides is 1. The van der Waals surface area contributed by atoms with Gasteiger partial charge in [0.05, 0.1) is 4.92 Å². The molecule has 1 N–H and O–H groups in total. The molecule has 2 aromatic rings. The van der Waals surface area contributed by atoms with E-state index in [1.807, 2.05) is 30.3 Å². The number of rotatable bonds is 9. The van der Waals surface area contributed by atoms with Crippen molar-refractivity contribution < 1.29 is 24.0 Å². The molecule has 0 fully saturated rings. The molecular weight excluding hydrogens is 340 g/mol. The van der Waals surface area contributed by atoms with Gasteiger partial charge in [-0.1, -0.05) is 42.5 Å². The van der Waals surface area contributed by atoms with Crippen LogP contribution in [-0.4, -0.2) is 36.6 Å². The lowest BCUT2D eigenvalue weighted by molar-refractivity contribution is -0.385. The summed E-state index contributed by atoms with van der Waals surface area (Å²) in [6.45, 7) is -0.539. The Bertz CT molecular complexity index is 763. The summed E-state index contributed by atoms with van der Waals surface area (Å²) in [6, 6.07) is 15.3. The summed E-state index contributed by atoms with van der Waals surface area (Å²) in [7, 11) is 0. The predicted octanol–water partition coefficient (Wildman–Crippen LogP) is 1.88. The molecule has 0 bridgehead atoms. The molecule has 8 nitrogen and oxygen atoms in total. The normalized spacial score (nSPS) is 10.0. The van der Waals surface area contributed by atoms with Gasteiger partial charge in [0, 0.05) is 12.6 Å². The van der Waals surface area contributed by atoms with Crippen LogP contribution in [0.5, 0.6) is 5.75 Å². The number of esters is 1. The maximum absolute atomic E-state index is 11.6. The highest BCUT2D eigenvalue weighted by Gasteiger charge is 2.15. The van der Waals surface area contributed by atoms with Gasteiger partial charge in [0.2, 0.25) is 0 Å². The number of nitro groups is 1. The highest BCUT2D eigenvalue weighted by Crippen LogP contribution is 2.25. The lowest BCUT2D eigenvalue weighted by Gasteiger charge is -2.08. The molecule has 0 aliphatic carbocycles. The summed E-state index contributed by atoms with van der Waals surface area (Å²) in [5.74, 6) is -1.26. The Labute approximate surface area is 149 Å². The van der Waals surface area contributed by atoms with E-state index in [9.17, 15) is 19.7 Å². The van der Waals surface area contributed by atoms with Crippen LogP contribution in [0.4, 0.5) is 5.69 Å². The molecule has 2 rings (SSSR count). The third kappa shape index (κ3) is 6.23. The second kappa shape index (κ2) is 9.77.